The highest BCUT2D eigenvalue weighted by molar-refractivity contribution is 7.89. The van der Waals surface area contributed by atoms with E-state index in [9.17, 15) is 13.2 Å². The maximum atomic E-state index is 13.6. The average Bonchev–Trinajstić information content (AvgIpc) is 2.81. The maximum absolute atomic E-state index is 13.6. The Morgan fingerprint density at radius 3 is 2.16 bits per heavy atom. The third-order valence-corrected chi connectivity index (χ3v) is 8.41. The molecule has 4 rings (SSSR count). The van der Waals surface area contributed by atoms with Crippen LogP contribution in [0.15, 0.2) is 41.3 Å². The summed E-state index contributed by atoms with van der Waals surface area (Å²) in [6.07, 6.45) is 6.09. The molecule has 172 valence electrons. The summed E-state index contributed by atoms with van der Waals surface area (Å²) < 4.78 is 28.9. The fraction of sp³-hybridized carbons (Fsp3) is 0.480. The molecule has 2 saturated heterocycles. The summed E-state index contributed by atoms with van der Waals surface area (Å²) in [5.74, 6) is -0.294. The van der Waals surface area contributed by atoms with Crippen LogP contribution in [0.3, 0.4) is 0 Å². The molecule has 0 atom stereocenters. The summed E-state index contributed by atoms with van der Waals surface area (Å²) in [6.45, 7) is 6.73. The first-order chi connectivity index (χ1) is 15.4. The minimum atomic E-state index is -3.67. The average molecular weight is 456 g/mol. The largest absolute Gasteiger partial charge is 0.370 e. The molecule has 0 radical (unpaired) electrons. The van der Waals surface area contributed by atoms with Crippen LogP contribution in [0.5, 0.6) is 0 Å². The highest BCUT2D eigenvalue weighted by Gasteiger charge is 2.31. The highest BCUT2D eigenvalue weighted by atomic mass is 32.2. The van der Waals surface area contributed by atoms with Gasteiger partial charge in [0, 0.05) is 37.4 Å². The lowest BCUT2D eigenvalue weighted by atomic mass is 10.1. The number of carbonyl (C=O) groups excluding carboxylic acids is 1. The SMILES string of the molecule is Cc1ccc(NC(=O)c2ccc(N3CCCCC3)c(S(=O)(=O)N3CCCCC3)c2)c(C)c1. The van der Waals surface area contributed by atoms with Crippen LogP contribution in [0.1, 0.15) is 60.0 Å². The van der Waals surface area contributed by atoms with Crippen LogP contribution in [0.2, 0.25) is 0 Å². The van der Waals surface area contributed by atoms with Crippen molar-refractivity contribution in [1.82, 2.24) is 4.31 Å². The highest BCUT2D eigenvalue weighted by Crippen LogP contribution is 2.32. The first-order valence-corrected chi connectivity index (χ1v) is 13.1. The summed E-state index contributed by atoms with van der Waals surface area (Å²) in [5.41, 5.74) is 3.92. The normalized spacial score (nSPS) is 17.9. The zero-order valence-electron chi connectivity index (χ0n) is 19.1. The van der Waals surface area contributed by atoms with Gasteiger partial charge in [0.2, 0.25) is 10.0 Å². The summed E-state index contributed by atoms with van der Waals surface area (Å²) in [6, 6.07) is 11.0. The molecule has 2 aromatic rings. The molecule has 0 bridgehead atoms. The molecule has 2 aliphatic rings. The summed E-state index contributed by atoms with van der Waals surface area (Å²) in [7, 11) is -3.67. The van der Waals surface area contributed by atoms with E-state index in [1.807, 2.05) is 38.1 Å². The molecule has 2 fully saturated rings. The fourth-order valence-corrected chi connectivity index (χ4v) is 6.41. The Morgan fingerprint density at radius 2 is 1.50 bits per heavy atom. The summed E-state index contributed by atoms with van der Waals surface area (Å²) >= 11 is 0. The molecular weight excluding hydrogens is 422 g/mol. The standard InChI is InChI=1S/C25H33N3O3S/c1-19-9-11-22(20(2)17-19)26-25(29)21-10-12-23(27-13-5-3-6-14-27)24(18-21)32(30,31)28-15-7-4-8-16-28/h9-12,17-18H,3-8,13-16H2,1-2H3,(H,26,29). The second-order valence-electron chi connectivity index (χ2n) is 8.97. The van der Waals surface area contributed by atoms with Crippen molar-refractivity contribution in [2.24, 2.45) is 0 Å². The Morgan fingerprint density at radius 1 is 0.844 bits per heavy atom. The second-order valence-corrected chi connectivity index (χ2v) is 10.9. The van der Waals surface area contributed by atoms with E-state index < -0.39 is 10.0 Å². The Balaban J connectivity index is 1.70. The smallest absolute Gasteiger partial charge is 0.255 e. The Kier molecular flexibility index (Phi) is 6.86. The minimum absolute atomic E-state index is 0.259. The van der Waals surface area contributed by atoms with Crippen molar-refractivity contribution in [2.75, 3.05) is 36.4 Å². The first-order valence-electron chi connectivity index (χ1n) is 11.6. The second kappa shape index (κ2) is 9.63. The lowest BCUT2D eigenvalue weighted by molar-refractivity contribution is 0.102. The van der Waals surface area contributed by atoms with Gasteiger partial charge in [-0.3, -0.25) is 4.79 Å². The van der Waals surface area contributed by atoms with E-state index in [2.05, 4.69) is 10.2 Å². The van der Waals surface area contributed by atoms with Gasteiger partial charge in [-0.25, -0.2) is 8.42 Å². The maximum Gasteiger partial charge on any atom is 0.255 e. The number of hydrogen-bond acceptors (Lipinski definition) is 4. The molecule has 2 aromatic carbocycles. The van der Waals surface area contributed by atoms with Crippen LogP contribution in [0.25, 0.3) is 0 Å². The lowest BCUT2D eigenvalue weighted by Gasteiger charge is -2.33. The monoisotopic (exact) mass is 455 g/mol. The molecule has 0 spiro atoms. The number of hydrogen-bond donors (Lipinski definition) is 1. The zero-order chi connectivity index (χ0) is 22.7. The van der Waals surface area contributed by atoms with Crippen LogP contribution >= 0.6 is 0 Å². The Bertz CT molecular complexity index is 1090. The molecule has 0 unspecified atom stereocenters. The number of nitrogens with zero attached hydrogens (tertiary/aromatic N) is 2. The summed E-state index contributed by atoms with van der Waals surface area (Å²) in [4.78, 5) is 15.5. The van der Waals surface area contributed by atoms with Gasteiger partial charge in [-0.1, -0.05) is 24.1 Å². The van der Waals surface area contributed by atoms with E-state index in [4.69, 9.17) is 0 Å². The van der Waals surface area contributed by atoms with E-state index in [1.165, 1.54) is 6.42 Å². The summed E-state index contributed by atoms with van der Waals surface area (Å²) in [5, 5.41) is 2.95. The number of amides is 1. The third-order valence-electron chi connectivity index (χ3n) is 6.48. The topological polar surface area (TPSA) is 69.7 Å². The number of sulfonamides is 1. The van der Waals surface area contributed by atoms with Gasteiger partial charge < -0.3 is 10.2 Å². The molecule has 7 heteroatoms. The van der Waals surface area contributed by atoms with Crippen molar-refractivity contribution in [3.8, 4) is 0 Å². The van der Waals surface area contributed by atoms with E-state index in [-0.39, 0.29) is 10.8 Å². The lowest BCUT2D eigenvalue weighted by Crippen LogP contribution is -2.37. The van der Waals surface area contributed by atoms with E-state index in [0.29, 0.717) is 18.7 Å². The Hall–Kier alpha value is -2.38. The third kappa shape index (κ3) is 4.84. The number of benzene rings is 2. The number of carbonyl (C=O) groups is 1. The first kappa shape index (κ1) is 22.8. The van der Waals surface area contributed by atoms with Crippen molar-refractivity contribution in [3.63, 3.8) is 0 Å². The van der Waals surface area contributed by atoms with E-state index in [0.717, 1.165) is 67.7 Å². The molecule has 1 N–H and O–H groups in total. The zero-order valence-corrected chi connectivity index (χ0v) is 19.9. The number of anilines is 2. The molecular formula is C25H33N3O3S. The van der Waals surface area contributed by atoms with Crippen LogP contribution in [-0.4, -0.2) is 44.8 Å². The van der Waals surface area contributed by atoms with Crippen molar-refractivity contribution in [2.45, 2.75) is 57.3 Å². The van der Waals surface area contributed by atoms with Gasteiger partial charge in [-0.05, 0) is 75.8 Å². The van der Waals surface area contributed by atoms with Crippen molar-refractivity contribution < 1.29 is 13.2 Å². The van der Waals surface area contributed by atoms with E-state index >= 15 is 0 Å². The molecule has 2 heterocycles. The van der Waals surface area contributed by atoms with Crippen LogP contribution in [-0.2, 0) is 10.0 Å². The van der Waals surface area contributed by atoms with Crippen LogP contribution < -0.4 is 10.2 Å². The number of nitrogens with one attached hydrogen (secondary N) is 1. The van der Waals surface area contributed by atoms with Crippen LogP contribution in [0, 0.1) is 13.8 Å². The predicted octanol–water partition coefficient (Wildman–Crippen LogP) is 4.72. The molecule has 32 heavy (non-hydrogen) atoms. The molecule has 1 amide bonds. The number of aryl methyl sites for hydroxylation is 2. The van der Waals surface area contributed by atoms with Gasteiger partial charge in [0.15, 0.2) is 0 Å². The van der Waals surface area contributed by atoms with Gasteiger partial charge in [0.25, 0.3) is 5.91 Å². The number of piperidine rings is 2. The molecule has 0 aliphatic carbocycles. The van der Waals surface area contributed by atoms with Gasteiger partial charge in [0.1, 0.15) is 4.90 Å². The molecule has 6 nitrogen and oxygen atoms in total. The van der Waals surface area contributed by atoms with Crippen LogP contribution in [0.4, 0.5) is 11.4 Å². The van der Waals surface area contributed by atoms with E-state index in [1.54, 1.807) is 16.4 Å². The Labute approximate surface area is 191 Å². The minimum Gasteiger partial charge on any atom is -0.370 e. The number of rotatable bonds is 5. The van der Waals surface area contributed by atoms with Gasteiger partial charge >= 0.3 is 0 Å². The van der Waals surface area contributed by atoms with Crippen molar-refractivity contribution in [1.29, 1.82) is 0 Å². The molecule has 2 aliphatic heterocycles. The predicted molar refractivity (Wildman–Crippen MR) is 129 cm³/mol. The van der Waals surface area contributed by atoms with Gasteiger partial charge in [0.05, 0.1) is 5.69 Å². The quantitative estimate of drug-likeness (QED) is 0.708. The van der Waals surface area contributed by atoms with Gasteiger partial charge in [-0.2, -0.15) is 4.31 Å². The molecule has 0 aromatic heterocycles. The molecule has 0 saturated carbocycles. The van der Waals surface area contributed by atoms with Crippen molar-refractivity contribution in [3.05, 3.63) is 53.1 Å². The fourth-order valence-electron chi connectivity index (χ4n) is 4.65. The van der Waals surface area contributed by atoms with Crippen molar-refractivity contribution >= 4 is 27.3 Å². The van der Waals surface area contributed by atoms with Gasteiger partial charge in [-0.15, -0.1) is 0 Å².